The maximum atomic E-state index is 12.4. The molecule has 2 amide bonds. The van der Waals surface area contributed by atoms with E-state index in [2.05, 4.69) is 15.7 Å². The van der Waals surface area contributed by atoms with Crippen LogP contribution in [0.4, 0.5) is 4.79 Å². The molecule has 0 aliphatic carbocycles. The lowest BCUT2D eigenvalue weighted by atomic mass is 10.2. The largest absolute Gasteiger partial charge is 0.386 e. The van der Waals surface area contributed by atoms with E-state index in [4.69, 9.17) is 0 Å². The molecule has 0 radical (unpaired) electrons. The van der Waals surface area contributed by atoms with Gasteiger partial charge in [0.15, 0.2) is 0 Å². The van der Waals surface area contributed by atoms with Crippen LogP contribution in [-0.2, 0) is 6.54 Å². The second-order valence-electron chi connectivity index (χ2n) is 6.60. The molecule has 7 nitrogen and oxygen atoms in total. The van der Waals surface area contributed by atoms with Gasteiger partial charge in [0, 0.05) is 21.5 Å². The average molecular weight is 408 g/mol. The van der Waals surface area contributed by atoms with E-state index in [-0.39, 0.29) is 25.2 Å². The van der Waals surface area contributed by atoms with Crippen molar-refractivity contribution < 1.29 is 9.90 Å². The third-order valence-corrected chi connectivity index (χ3v) is 5.82. The van der Waals surface area contributed by atoms with E-state index in [1.54, 1.807) is 12.3 Å². The third-order valence-electron chi connectivity index (χ3n) is 4.60. The van der Waals surface area contributed by atoms with Crippen LogP contribution in [0.15, 0.2) is 65.6 Å². The normalized spacial score (nSPS) is 12.2. The minimum absolute atomic E-state index is 0.104. The van der Waals surface area contributed by atoms with Crippen LogP contribution in [0, 0.1) is 0 Å². The van der Waals surface area contributed by atoms with Crippen LogP contribution in [0.5, 0.6) is 0 Å². The molecule has 2 aromatic carbocycles. The number of thiophene rings is 1. The van der Waals surface area contributed by atoms with Crippen LogP contribution in [0.1, 0.15) is 11.0 Å². The van der Waals surface area contributed by atoms with Gasteiger partial charge in [-0.15, -0.1) is 11.3 Å². The fourth-order valence-corrected chi connectivity index (χ4v) is 4.13. The van der Waals surface area contributed by atoms with Crippen molar-refractivity contribution in [3.63, 3.8) is 0 Å². The summed E-state index contributed by atoms with van der Waals surface area (Å²) < 4.78 is 2.42. The Labute approximate surface area is 170 Å². The van der Waals surface area contributed by atoms with Crippen molar-refractivity contribution in [2.75, 3.05) is 13.1 Å². The lowest BCUT2D eigenvalue weighted by Gasteiger charge is -2.11. The topological polar surface area (TPSA) is 96.2 Å². The van der Waals surface area contributed by atoms with E-state index in [1.165, 1.54) is 16.0 Å². The SMILES string of the molecule is O=C(NCCn1ncc2ccccc2c1=O)NCC(O)c1cc2ccccc2s1. The molecule has 4 aromatic rings. The smallest absolute Gasteiger partial charge is 0.314 e. The summed E-state index contributed by atoms with van der Waals surface area (Å²) in [6, 6.07) is 16.7. The first-order valence-electron chi connectivity index (χ1n) is 9.25. The van der Waals surface area contributed by atoms with Gasteiger partial charge in [-0.2, -0.15) is 5.10 Å². The number of aliphatic hydroxyl groups excluding tert-OH is 1. The van der Waals surface area contributed by atoms with E-state index in [0.717, 1.165) is 20.3 Å². The number of rotatable bonds is 6. The zero-order valence-electron chi connectivity index (χ0n) is 15.5. The quantitative estimate of drug-likeness (QED) is 0.457. The van der Waals surface area contributed by atoms with Gasteiger partial charge in [-0.1, -0.05) is 36.4 Å². The van der Waals surface area contributed by atoms with Gasteiger partial charge in [0.1, 0.15) is 6.10 Å². The van der Waals surface area contributed by atoms with Crippen molar-refractivity contribution in [2.45, 2.75) is 12.6 Å². The Bertz CT molecular complexity index is 1180. The minimum atomic E-state index is -0.775. The molecule has 4 rings (SSSR count). The number of aliphatic hydroxyl groups is 1. The minimum Gasteiger partial charge on any atom is -0.386 e. The van der Waals surface area contributed by atoms with E-state index >= 15 is 0 Å². The van der Waals surface area contributed by atoms with Crippen molar-refractivity contribution in [3.05, 3.63) is 76.0 Å². The Morgan fingerprint density at radius 1 is 1.10 bits per heavy atom. The highest BCUT2D eigenvalue weighted by atomic mass is 32.1. The second-order valence-corrected chi connectivity index (χ2v) is 7.71. The molecule has 0 fully saturated rings. The van der Waals surface area contributed by atoms with Gasteiger partial charge < -0.3 is 15.7 Å². The molecule has 3 N–H and O–H groups in total. The van der Waals surface area contributed by atoms with Gasteiger partial charge in [-0.05, 0) is 23.6 Å². The van der Waals surface area contributed by atoms with Crippen molar-refractivity contribution in [1.82, 2.24) is 20.4 Å². The molecular weight excluding hydrogens is 388 g/mol. The van der Waals surface area contributed by atoms with Gasteiger partial charge in [0.25, 0.3) is 5.56 Å². The number of carbonyl (C=O) groups is 1. The average Bonchev–Trinajstić information content (AvgIpc) is 3.18. The van der Waals surface area contributed by atoms with E-state index in [1.807, 2.05) is 48.5 Å². The number of aromatic nitrogens is 2. The number of hydrogen-bond acceptors (Lipinski definition) is 5. The standard InChI is InChI=1S/C21H20N4O3S/c26-17(19-11-14-5-2-4-8-18(14)29-19)13-23-21(28)22-9-10-25-20(27)16-7-3-1-6-15(16)12-24-25/h1-8,11-12,17,26H,9-10,13H2,(H2,22,23,28). The van der Waals surface area contributed by atoms with Crippen LogP contribution in [0.2, 0.25) is 0 Å². The van der Waals surface area contributed by atoms with Crippen molar-refractivity contribution in [2.24, 2.45) is 0 Å². The molecule has 0 saturated heterocycles. The number of benzene rings is 2. The molecule has 8 heteroatoms. The van der Waals surface area contributed by atoms with E-state index in [0.29, 0.717) is 5.39 Å². The molecule has 2 heterocycles. The molecule has 1 atom stereocenters. The summed E-state index contributed by atoms with van der Waals surface area (Å²) in [5.41, 5.74) is -0.189. The van der Waals surface area contributed by atoms with Gasteiger partial charge in [0.2, 0.25) is 0 Å². The molecule has 2 aromatic heterocycles. The molecule has 0 aliphatic rings. The Kier molecular flexibility index (Phi) is 5.55. The van der Waals surface area contributed by atoms with Crippen molar-refractivity contribution in [1.29, 1.82) is 0 Å². The lowest BCUT2D eigenvalue weighted by Crippen LogP contribution is -2.40. The number of hydrogen-bond donors (Lipinski definition) is 3. The molecule has 0 saturated carbocycles. The number of amides is 2. The number of urea groups is 1. The molecule has 0 spiro atoms. The number of nitrogens with one attached hydrogen (secondary N) is 2. The lowest BCUT2D eigenvalue weighted by molar-refractivity contribution is 0.176. The Hall–Kier alpha value is -3.23. The molecule has 0 aliphatic heterocycles. The van der Waals surface area contributed by atoms with Crippen LogP contribution in [0.3, 0.4) is 0 Å². The summed E-state index contributed by atoms with van der Waals surface area (Å²) in [6.07, 6.45) is 0.862. The van der Waals surface area contributed by atoms with Crippen LogP contribution in [-0.4, -0.2) is 34.0 Å². The molecular formula is C21H20N4O3S. The van der Waals surface area contributed by atoms with Crippen molar-refractivity contribution in [3.8, 4) is 0 Å². The maximum absolute atomic E-state index is 12.4. The summed E-state index contributed by atoms with van der Waals surface area (Å²) in [4.78, 5) is 25.2. The fraction of sp³-hybridized carbons (Fsp3) is 0.190. The second kappa shape index (κ2) is 8.42. The highest BCUT2D eigenvalue weighted by Gasteiger charge is 2.13. The van der Waals surface area contributed by atoms with Gasteiger partial charge in [0.05, 0.1) is 24.7 Å². The monoisotopic (exact) mass is 408 g/mol. The van der Waals surface area contributed by atoms with E-state index < -0.39 is 12.1 Å². The zero-order chi connectivity index (χ0) is 20.2. The summed E-state index contributed by atoms with van der Waals surface area (Å²) in [6.45, 7) is 0.610. The Morgan fingerprint density at radius 3 is 2.69 bits per heavy atom. The predicted molar refractivity (Wildman–Crippen MR) is 114 cm³/mol. The molecule has 148 valence electrons. The summed E-state index contributed by atoms with van der Waals surface area (Å²) in [7, 11) is 0. The van der Waals surface area contributed by atoms with Gasteiger partial charge >= 0.3 is 6.03 Å². The fourth-order valence-electron chi connectivity index (χ4n) is 3.08. The summed E-state index contributed by atoms with van der Waals surface area (Å²) >= 11 is 1.51. The van der Waals surface area contributed by atoms with Crippen LogP contribution >= 0.6 is 11.3 Å². The summed E-state index contributed by atoms with van der Waals surface area (Å²) in [5.74, 6) is 0. The van der Waals surface area contributed by atoms with Gasteiger partial charge in [-0.3, -0.25) is 4.79 Å². The number of fused-ring (bicyclic) bond motifs is 2. The highest BCUT2D eigenvalue weighted by molar-refractivity contribution is 7.19. The number of carbonyl (C=O) groups excluding carboxylic acids is 1. The molecule has 0 bridgehead atoms. The zero-order valence-corrected chi connectivity index (χ0v) is 16.4. The third kappa shape index (κ3) is 4.28. The first-order valence-corrected chi connectivity index (χ1v) is 10.1. The maximum Gasteiger partial charge on any atom is 0.314 e. The molecule has 1 unspecified atom stereocenters. The number of nitrogens with zero attached hydrogens (tertiary/aromatic N) is 2. The highest BCUT2D eigenvalue weighted by Crippen LogP contribution is 2.29. The van der Waals surface area contributed by atoms with E-state index in [9.17, 15) is 14.7 Å². The van der Waals surface area contributed by atoms with Crippen LogP contribution < -0.4 is 16.2 Å². The Morgan fingerprint density at radius 2 is 1.86 bits per heavy atom. The molecule has 29 heavy (non-hydrogen) atoms. The first-order chi connectivity index (χ1) is 14.1. The predicted octanol–water partition coefficient (Wildman–Crippen LogP) is 2.64. The van der Waals surface area contributed by atoms with Crippen LogP contribution in [0.25, 0.3) is 20.9 Å². The Balaban J connectivity index is 1.28. The van der Waals surface area contributed by atoms with Gasteiger partial charge in [-0.25, -0.2) is 9.48 Å². The first kappa shape index (κ1) is 19.1. The summed E-state index contributed by atoms with van der Waals surface area (Å²) in [5, 5.41) is 22.2. The van der Waals surface area contributed by atoms with Crippen molar-refractivity contribution >= 4 is 38.2 Å².